The standard InChI is InChI=1S/C15H16ClNOS/c16-13-5-3-6-14(10-13)19-9-8-18-15-7-2-1-4-12(15)11-17/h1-7,10H,8-9,11,17H2. The van der Waals surface area contributed by atoms with E-state index in [1.165, 1.54) is 0 Å². The number of benzene rings is 2. The predicted molar refractivity (Wildman–Crippen MR) is 82.0 cm³/mol. The molecule has 0 aliphatic heterocycles. The highest BCUT2D eigenvalue weighted by Gasteiger charge is 2.01. The fraction of sp³-hybridized carbons (Fsp3) is 0.200. The van der Waals surface area contributed by atoms with Crippen molar-refractivity contribution in [2.75, 3.05) is 12.4 Å². The van der Waals surface area contributed by atoms with Gasteiger partial charge in [0, 0.05) is 27.8 Å². The number of thioether (sulfide) groups is 1. The summed E-state index contributed by atoms with van der Waals surface area (Å²) in [7, 11) is 0. The molecule has 2 rings (SSSR count). The van der Waals surface area contributed by atoms with Crippen molar-refractivity contribution in [2.45, 2.75) is 11.4 Å². The van der Waals surface area contributed by atoms with E-state index < -0.39 is 0 Å². The van der Waals surface area contributed by atoms with Crippen LogP contribution in [0.25, 0.3) is 0 Å². The van der Waals surface area contributed by atoms with E-state index in [0.29, 0.717) is 13.2 Å². The fourth-order valence-corrected chi connectivity index (χ4v) is 2.72. The number of ether oxygens (including phenoxy) is 1. The molecule has 0 fully saturated rings. The number of rotatable bonds is 6. The summed E-state index contributed by atoms with van der Waals surface area (Å²) >= 11 is 7.66. The first kappa shape index (κ1) is 14.3. The summed E-state index contributed by atoms with van der Waals surface area (Å²) in [6.45, 7) is 1.14. The summed E-state index contributed by atoms with van der Waals surface area (Å²) < 4.78 is 5.75. The first-order valence-electron chi connectivity index (χ1n) is 6.09. The molecule has 0 spiro atoms. The molecule has 100 valence electrons. The van der Waals surface area contributed by atoms with E-state index in [1.807, 2.05) is 48.5 Å². The van der Waals surface area contributed by atoms with Crippen molar-refractivity contribution in [3.63, 3.8) is 0 Å². The maximum atomic E-state index is 5.93. The van der Waals surface area contributed by atoms with Crippen LogP contribution in [0, 0.1) is 0 Å². The van der Waals surface area contributed by atoms with E-state index >= 15 is 0 Å². The van der Waals surface area contributed by atoms with Crippen LogP contribution in [0.3, 0.4) is 0 Å². The van der Waals surface area contributed by atoms with E-state index in [-0.39, 0.29) is 0 Å². The quantitative estimate of drug-likeness (QED) is 0.646. The van der Waals surface area contributed by atoms with Crippen molar-refractivity contribution in [1.29, 1.82) is 0 Å². The van der Waals surface area contributed by atoms with Crippen molar-refractivity contribution in [3.8, 4) is 5.75 Å². The van der Waals surface area contributed by atoms with Gasteiger partial charge in [0.1, 0.15) is 5.75 Å². The van der Waals surface area contributed by atoms with Crippen LogP contribution in [0.15, 0.2) is 53.4 Å². The van der Waals surface area contributed by atoms with Gasteiger partial charge in [0.15, 0.2) is 0 Å². The summed E-state index contributed by atoms with van der Waals surface area (Å²) in [5.74, 6) is 1.75. The van der Waals surface area contributed by atoms with E-state index in [9.17, 15) is 0 Å². The molecule has 0 bridgehead atoms. The average Bonchev–Trinajstić information content (AvgIpc) is 2.44. The molecule has 0 unspecified atom stereocenters. The third-order valence-corrected chi connectivity index (χ3v) is 3.79. The Morgan fingerprint density at radius 1 is 1.11 bits per heavy atom. The Kier molecular flexibility index (Phi) is 5.58. The minimum absolute atomic E-state index is 0.498. The van der Waals surface area contributed by atoms with Crippen LogP contribution in [-0.2, 0) is 6.54 Å². The van der Waals surface area contributed by atoms with Gasteiger partial charge in [-0.3, -0.25) is 0 Å². The molecule has 2 N–H and O–H groups in total. The molecule has 2 aromatic rings. The lowest BCUT2D eigenvalue weighted by atomic mass is 10.2. The monoisotopic (exact) mass is 293 g/mol. The molecule has 0 saturated heterocycles. The summed E-state index contributed by atoms with van der Waals surface area (Å²) in [5.41, 5.74) is 6.70. The lowest BCUT2D eigenvalue weighted by Crippen LogP contribution is -2.05. The largest absolute Gasteiger partial charge is 0.492 e. The van der Waals surface area contributed by atoms with E-state index in [4.69, 9.17) is 22.1 Å². The Morgan fingerprint density at radius 2 is 1.95 bits per heavy atom. The number of halogens is 1. The Balaban J connectivity index is 1.81. The highest BCUT2D eigenvalue weighted by molar-refractivity contribution is 7.99. The lowest BCUT2D eigenvalue weighted by molar-refractivity contribution is 0.340. The Labute approximate surface area is 122 Å². The van der Waals surface area contributed by atoms with Gasteiger partial charge in [0.2, 0.25) is 0 Å². The molecule has 0 aliphatic rings. The third-order valence-electron chi connectivity index (χ3n) is 2.60. The minimum atomic E-state index is 0.498. The molecule has 0 radical (unpaired) electrons. The van der Waals surface area contributed by atoms with Gasteiger partial charge >= 0.3 is 0 Å². The van der Waals surface area contributed by atoms with Gasteiger partial charge < -0.3 is 10.5 Å². The van der Waals surface area contributed by atoms with Crippen LogP contribution >= 0.6 is 23.4 Å². The smallest absolute Gasteiger partial charge is 0.123 e. The second-order valence-corrected chi connectivity index (χ2v) is 5.57. The molecule has 0 atom stereocenters. The molecule has 4 heteroatoms. The van der Waals surface area contributed by atoms with Crippen LogP contribution < -0.4 is 10.5 Å². The number of hydrogen-bond donors (Lipinski definition) is 1. The summed E-state index contributed by atoms with van der Waals surface area (Å²) in [6, 6.07) is 15.7. The normalized spacial score (nSPS) is 10.4. The molecule has 0 aromatic heterocycles. The predicted octanol–water partition coefficient (Wildman–Crippen LogP) is 3.97. The molecule has 0 amide bonds. The van der Waals surface area contributed by atoms with Gasteiger partial charge in [-0.15, -0.1) is 11.8 Å². The van der Waals surface area contributed by atoms with Crippen LogP contribution in [0.2, 0.25) is 5.02 Å². The highest BCUT2D eigenvalue weighted by Crippen LogP contribution is 2.22. The second-order valence-electron chi connectivity index (χ2n) is 3.97. The molecule has 0 heterocycles. The fourth-order valence-electron chi connectivity index (χ4n) is 1.68. The Bertz CT molecular complexity index is 533. The maximum Gasteiger partial charge on any atom is 0.123 e. The summed E-state index contributed by atoms with van der Waals surface area (Å²) in [4.78, 5) is 1.16. The molecular formula is C15H16ClNOS. The number of nitrogens with two attached hydrogens (primary N) is 1. The van der Waals surface area contributed by atoms with Crippen LogP contribution in [0.4, 0.5) is 0 Å². The van der Waals surface area contributed by atoms with Crippen molar-refractivity contribution >= 4 is 23.4 Å². The number of hydrogen-bond acceptors (Lipinski definition) is 3. The number of para-hydroxylation sites is 1. The molecular weight excluding hydrogens is 278 g/mol. The summed E-state index contributed by atoms with van der Waals surface area (Å²) in [6.07, 6.45) is 0. The van der Waals surface area contributed by atoms with E-state index in [2.05, 4.69) is 0 Å². The van der Waals surface area contributed by atoms with Crippen LogP contribution in [0.1, 0.15) is 5.56 Å². The van der Waals surface area contributed by atoms with Gasteiger partial charge in [-0.1, -0.05) is 35.9 Å². The average molecular weight is 294 g/mol. The van der Waals surface area contributed by atoms with Crippen molar-refractivity contribution in [1.82, 2.24) is 0 Å². The van der Waals surface area contributed by atoms with Gasteiger partial charge in [-0.05, 0) is 24.3 Å². The zero-order valence-corrected chi connectivity index (χ0v) is 12.1. The van der Waals surface area contributed by atoms with Crippen molar-refractivity contribution in [3.05, 3.63) is 59.1 Å². The summed E-state index contributed by atoms with van der Waals surface area (Å²) in [5, 5.41) is 0.763. The first-order chi connectivity index (χ1) is 9.29. The van der Waals surface area contributed by atoms with Gasteiger partial charge in [0.25, 0.3) is 0 Å². The van der Waals surface area contributed by atoms with Gasteiger partial charge in [0.05, 0.1) is 6.61 Å². The third kappa shape index (κ3) is 4.46. The topological polar surface area (TPSA) is 35.2 Å². The van der Waals surface area contributed by atoms with Crippen molar-refractivity contribution in [2.24, 2.45) is 5.73 Å². The zero-order chi connectivity index (χ0) is 13.5. The maximum absolute atomic E-state index is 5.93. The Morgan fingerprint density at radius 3 is 2.74 bits per heavy atom. The molecule has 2 nitrogen and oxygen atoms in total. The van der Waals surface area contributed by atoms with Gasteiger partial charge in [-0.25, -0.2) is 0 Å². The Hall–Kier alpha value is -1.16. The van der Waals surface area contributed by atoms with Crippen molar-refractivity contribution < 1.29 is 4.74 Å². The highest BCUT2D eigenvalue weighted by atomic mass is 35.5. The molecule has 0 saturated carbocycles. The van der Waals surface area contributed by atoms with Gasteiger partial charge in [-0.2, -0.15) is 0 Å². The van der Waals surface area contributed by atoms with Crippen LogP contribution in [0.5, 0.6) is 5.75 Å². The zero-order valence-electron chi connectivity index (χ0n) is 10.5. The second kappa shape index (κ2) is 7.43. The minimum Gasteiger partial charge on any atom is -0.492 e. The van der Waals surface area contributed by atoms with E-state index in [0.717, 1.165) is 27.0 Å². The van der Waals surface area contributed by atoms with E-state index in [1.54, 1.807) is 11.8 Å². The molecule has 19 heavy (non-hydrogen) atoms. The first-order valence-corrected chi connectivity index (χ1v) is 7.45. The molecule has 2 aromatic carbocycles. The SMILES string of the molecule is NCc1ccccc1OCCSc1cccc(Cl)c1. The lowest BCUT2D eigenvalue weighted by Gasteiger charge is -2.09. The van der Waals surface area contributed by atoms with Crippen LogP contribution in [-0.4, -0.2) is 12.4 Å². The molecule has 0 aliphatic carbocycles.